The summed E-state index contributed by atoms with van der Waals surface area (Å²) in [4.78, 5) is 8.74. The second-order valence-corrected chi connectivity index (χ2v) is 6.15. The first kappa shape index (κ1) is 15.1. The average molecular weight is 323 g/mol. The van der Waals surface area contributed by atoms with Crippen LogP contribution in [0.1, 0.15) is 19.3 Å². The van der Waals surface area contributed by atoms with Gasteiger partial charge in [0.05, 0.1) is 17.3 Å². The molecule has 2 aromatic heterocycles. The standard InChI is InChI=1S/C18H21N5O/c1-2-5-15(6-3-1)23-18-16(11-22-23)17(20-13-21-18)19-9-4-10-24-12-14-7-8-14/h1-3,5-6,11,13-14H,4,7-10,12H2,(H,19,20,21). The number of hydrogen-bond donors (Lipinski definition) is 1. The molecule has 1 aliphatic carbocycles. The first-order chi connectivity index (χ1) is 11.9. The Hall–Kier alpha value is -2.47. The molecule has 0 amide bonds. The van der Waals surface area contributed by atoms with Crippen molar-refractivity contribution in [1.82, 2.24) is 19.7 Å². The summed E-state index contributed by atoms with van der Waals surface area (Å²) >= 11 is 0. The summed E-state index contributed by atoms with van der Waals surface area (Å²) in [5.74, 6) is 1.65. The highest BCUT2D eigenvalue weighted by atomic mass is 16.5. The molecule has 6 heteroatoms. The zero-order chi connectivity index (χ0) is 16.2. The van der Waals surface area contributed by atoms with E-state index in [-0.39, 0.29) is 0 Å². The van der Waals surface area contributed by atoms with Gasteiger partial charge in [0.1, 0.15) is 12.1 Å². The summed E-state index contributed by atoms with van der Waals surface area (Å²) in [6.07, 6.45) is 7.03. The number of nitrogens with zero attached hydrogens (tertiary/aromatic N) is 4. The minimum Gasteiger partial charge on any atom is -0.381 e. The first-order valence-corrected chi connectivity index (χ1v) is 8.47. The Balaban J connectivity index is 1.41. The van der Waals surface area contributed by atoms with Gasteiger partial charge in [0, 0.05) is 19.8 Å². The molecule has 1 N–H and O–H groups in total. The van der Waals surface area contributed by atoms with E-state index in [9.17, 15) is 0 Å². The van der Waals surface area contributed by atoms with Crippen molar-refractivity contribution in [3.05, 3.63) is 42.9 Å². The molecule has 0 radical (unpaired) electrons. The van der Waals surface area contributed by atoms with Gasteiger partial charge in [-0.3, -0.25) is 0 Å². The van der Waals surface area contributed by atoms with Crippen LogP contribution in [0.25, 0.3) is 16.7 Å². The summed E-state index contributed by atoms with van der Waals surface area (Å²) in [5.41, 5.74) is 1.80. The second-order valence-electron chi connectivity index (χ2n) is 6.15. The summed E-state index contributed by atoms with van der Waals surface area (Å²) in [7, 11) is 0. The highest BCUT2D eigenvalue weighted by Crippen LogP contribution is 2.28. The molecule has 1 fully saturated rings. The predicted molar refractivity (Wildman–Crippen MR) is 93.3 cm³/mol. The van der Waals surface area contributed by atoms with Gasteiger partial charge in [-0.1, -0.05) is 18.2 Å². The molecule has 0 aliphatic heterocycles. The number of para-hydroxylation sites is 1. The average Bonchev–Trinajstić information content (AvgIpc) is 3.35. The zero-order valence-electron chi connectivity index (χ0n) is 13.6. The highest BCUT2D eigenvalue weighted by molar-refractivity contribution is 5.87. The Morgan fingerprint density at radius 3 is 2.88 bits per heavy atom. The lowest BCUT2D eigenvalue weighted by Crippen LogP contribution is -2.08. The predicted octanol–water partition coefficient (Wildman–Crippen LogP) is 3.04. The van der Waals surface area contributed by atoms with Crippen molar-refractivity contribution in [3.63, 3.8) is 0 Å². The molecule has 1 aromatic carbocycles. The van der Waals surface area contributed by atoms with Crippen molar-refractivity contribution in [2.24, 2.45) is 5.92 Å². The monoisotopic (exact) mass is 323 g/mol. The second kappa shape index (κ2) is 6.97. The molecule has 2 heterocycles. The van der Waals surface area contributed by atoms with Gasteiger partial charge in [-0.15, -0.1) is 0 Å². The lowest BCUT2D eigenvalue weighted by molar-refractivity contribution is 0.124. The molecule has 0 bridgehead atoms. The van der Waals surface area contributed by atoms with Gasteiger partial charge >= 0.3 is 0 Å². The zero-order valence-corrected chi connectivity index (χ0v) is 13.6. The van der Waals surface area contributed by atoms with Crippen LogP contribution in [0.4, 0.5) is 5.82 Å². The lowest BCUT2D eigenvalue weighted by atomic mass is 10.3. The maximum absolute atomic E-state index is 5.66. The quantitative estimate of drug-likeness (QED) is 0.646. The smallest absolute Gasteiger partial charge is 0.168 e. The Labute approximate surface area is 140 Å². The Morgan fingerprint density at radius 1 is 1.17 bits per heavy atom. The molecule has 124 valence electrons. The van der Waals surface area contributed by atoms with Crippen LogP contribution < -0.4 is 5.32 Å². The van der Waals surface area contributed by atoms with E-state index in [0.717, 1.165) is 54.6 Å². The minimum absolute atomic E-state index is 0.793. The molecule has 0 spiro atoms. The van der Waals surface area contributed by atoms with Gasteiger partial charge < -0.3 is 10.1 Å². The van der Waals surface area contributed by atoms with Crippen molar-refractivity contribution in [2.45, 2.75) is 19.3 Å². The van der Waals surface area contributed by atoms with Crippen LogP contribution in [0.2, 0.25) is 0 Å². The van der Waals surface area contributed by atoms with Crippen molar-refractivity contribution >= 4 is 16.9 Å². The van der Waals surface area contributed by atoms with Crippen molar-refractivity contribution in [1.29, 1.82) is 0 Å². The fourth-order valence-corrected chi connectivity index (χ4v) is 2.66. The Morgan fingerprint density at radius 2 is 2.04 bits per heavy atom. The molecule has 0 atom stereocenters. The Bertz CT molecular complexity index is 798. The van der Waals surface area contributed by atoms with E-state index in [1.807, 2.05) is 41.2 Å². The summed E-state index contributed by atoms with van der Waals surface area (Å²) in [6.45, 7) is 2.54. The number of rotatable bonds is 8. The number of benzene rings is 1. The van der Waals surface area contributed by atoms with E-state index in [4.69, 9.17) is 4.74 Å². The molecule has 3 aromatic rings. The van der Waals surface area contributed by atoms with E-state index in [1.165, 1.54) is 12.8 Å². The van der Waals surface area contributed by atoms with E-state index < -0.39 is 0 Å². The van der Waals surface area contributed by atoms with E-state index in [2.05, 4.69) is 20.4 Å². The fraction of sp³-hybridized carbons (Fsp3) is 0.389. The van der Waals surface area contributed by atoms with Crippen LogP contribution in [0, 0.1) is 5.92 Å². The molecule has 0 unspecified atom stereocenters. The molecular weight excluding hydrogens is 302 g/mol. The number of hydrogen-bond acceptors (Lipinski definition) is 5. The molecular formula is C18H21N5O. The number of aromatic nitrogens is 4. The lowest BCUT2D eigenvalue weighted by Gasteiger charge is -2.07. The molecule has 1 aliphatic rings. The number of nitrogens with one attached hydrogen (secondary N) is 1. The van der Waals surface area contributed by atoms with Crippen LogP contribution in [0.5, 0.6) is 0 Å². The summed E-state index contributed by atoms with van der Waals surface area (Å²) in [5, 5.41) is 8.76. The normalized spacial score (nSPS) is 14.2. The molecule has 6 nitrogen and oxygen atoms in total. The number of fused-ring (bicyclic) bond motifs is 1. The third kappa shape index (κ3) is 3.38. The number of anilines is 1. The van der Waals surface area contributed by atoms with Crippen molar-refractivity contribution in [3.8, 4) is 5.69 Å². The van der Waals surface area contributed by atoms with Gasteiger partial charge in [0.25, 0.3) is 0 Å². The molecule has 4 rings (SSSR count). The van der Waals surface area contributed by atoms with Gasteiger partial charge in [0.2, 0.25) is 0 Å². The van der Waals surface area contributed by atoms with E-state index in [1.54, 1.807) is 6.33 Å². The molecule has 1 saturated carbocycles. The van der Waals surface area contributed by atoms with Crippen LogP contribution >= 0.6 is 0 Å². The van der Waals surface area contributed by atoms with Crippen LogP contribution in [0.3, 0.4) is 0 Å². The van der Waals surface area contributed by atoms with Crippen molar-refractivity contribution < 1.29 is 4.74 Å². The van der Waals surface area contributed by atoms with E-state index >= 15 is 0 Å². The molecule has 24 heavy (non-hydrogen) atoms. The number of ether oxygens (including phenoxy) is 1. The third-order valence-electron chi connectivity index (χ3n) is 4.17. The highest BCUT2D eigenvalue weighted by Gasteiger charge is 2.20. The SMILES string of the molecule is c1ccc(-n2ncc3c(NCCCOCC4CC4)ncnc32)cc1. The van der Waals surface area contributed by atoms with Gasteiger partial charge in [-0.25, -0.2) is 14.6 Å². The van der Waals surface area contributed by atoms with Crippen molar-refractivity contribution in [2.75, 3.05) is 25.1 Å². The van der Waals surface area contributed by atoms with E-state index in [0.29, 0.717) is 0 Å². The maximum atomic E-state index is 5.66. The summed E-state index contributed by atoms with van der Waals surface area (Å²) < 4.78 is 7.49. The molecule has 0 saturated heterocycles. The minimum atomic E-state index is 0.793. The van der Waals surface area contributed by atoms with Crippen LogP contribution in [-0.2, 0) is 4.74 Å². The first-order valence-electron chi connectivity index (χ1n) is 8.47. The fourth-order valence-electron chi connectivity index (χ4n) is 2.66. The maximum Gasteiger partial charge on any atom is 0.168 e. The van der Waals surface area contributed by atoms with Crippen LogP contribution in [0.15, 0.2) is 42.9 Å². The van der Waals surface area contributed by atoms with Crippen LogP contribution in [-0.4, -0.2) is 39.5 Å². The largest absolute Gasteiger partial charge is 0.381 e. The Kier molecular flexibility index (Phi) is 4.38. The third-order valence-corrected chi connectivity index (χ3v) is 4.17. The topological polar surface area (TPSA) is 64.9 Å². The van der Waals surface area contributed by atoms with Gasteiger partial charge in [-0.2, -0.15) is 5.10 Å². The van der Waals surface area contributed by atoms with Gasteiger partial charge in [-0.05, 0) is 37.3 Å². The summed E-state index contributed by atoms with van der Waals surface area (Å²) in [6, 6.07) is 10.00. The van der Waals surface area contributed by atoms with Gasteiger partial charge in [0.15, 0.2) is 5.65 Å².